The molecule has 1 N–H and O–H groups in total. The van der Waals surface area contributed by atoms with Crippen molar-refractivity contribution in [3.05, 3.63) is 70.6 Å². The average molecular weight is 601 g/mol. The highest BCUT2D eigenvalue weighted by Gasteiger charge is 2.48. The minimum Gasteiger partial charge on any atom is -0.495 e. The van der Waals surface area contributed by atoms with Crippen LogP contribution in [0, 0.1) is 10.8 Å². The third-order valence-electron chi connectivity index (χ3n) is 8.68. The maximum Gasteiger partial charge on any atom is 0.262 e. The lowest BCUT2D eigenvalue weighted by atomic mass is 9.63. The van der Waals surface area contributed by atoms with E-state index < -0.39 is 5.92 Å². The number of ketones is 2. The molecule has 0 unspecified atom stereocenters. The zero-order valence-corrected chi connectivity index (χ0v) is 27.0. The van der Waals surface area contributed by atoms with E-state index in [0.717, 1.165) is 40.9 Å². The summed E-state index contributed by atoms with van der Waals surface area (Å²) in [5.41, 5.74) is 4.56. The van der Waals surface area contributed by atoms with Crippen LogP contribution in [0.2, 0.25) is 0 Å². The molecule has 0 spiro atoms. The highest BCUT2D eigenvalue weighted by atomic mass is 16.5. The quantitative estimate of drug-likeness (QED) is 0.338. The van der Waals surface area contributed by atoms with Crippen molar-refractivity contribution in [2.24, 2.45) is 10.8 Å². The van der Waals surface area contributed by atoms with Crippen molar-refractivity contribution in [1.29, 1.82) is 0 Å². The normalized spacial score (nSPS) is 19.4. The number of amides is 1. The van der Waals surface area contributed by atoms with Crippen molar-refractivity contribution in [1.82, 2.24) is 4.90 Å². The molecule has 0 bridgehead atoms. The maximum absolute atomic E-state index is 13.9. The van der Waals surface area contributed by atoms with Gasteiger partial charge in [-0.05, 0) is 67.3 Å². The number of rotatable bonds is 9. The van der Waals surface area contributed by atoms with Crippen LogP contribution < -0.4 is 19.5 Å². The number of hydrogen-bond donors (Lipinski definition) is 1. The van der Waals surface area contributed by atoms with Crippen LogP contribution in [0.1, 0.15) is 78.7 Å². The molecule has 2 aromatic rings. The Kier molecular flexibility index (Phi) is 8.65. The summed E-state index contributed by atoms with van der Waals surface area (Å²) in [6, 6.07) is 12.7. The molecule has 3 aliphatic rings. The lowest BCUT2D eigenvalue weighted by Gasteiger charge is -2.48. The first kappa shape index (κ1) is 31.4. The SMILES string of the molecule is CCOc1cc(C2C3=C(CC(C)(C)CC3=O)N(CC)C3=C2C(=O)CC(C)(C)C3)ccc1OCC(=O)Nc1ccccc1OC. The standard InChI is InChI=1S/C36H44N2O6/c1-8-38-24-17-35(3,4)19-26(39)33(24)32(34-25(38)18-36(5,6)20-27(34)40)22-14-15-29(30(16-22)43-9-2)44-21-31(41)37-23-12-10-11-13-28(23)42-7/h10-16,32H,8-9,17-21H2,1-7H3,(H,37,41). The van der Waals surface area contributed by atoms with E-state index in [1.165, 1.54) is 0 Å². The molecular formula is C36H44N2O6. The van der Waals surface area contributed by atoms with Crippen LogP contribution >= 0.6 is 0 Å². The first-order valence-corrected chi connectivity index (χ1v) is 15.5. The van der Waals surface area contributed by atoms with Crippen LogP contribution in [0.4, 0.5) is 5.69 Å². The number of anilines is 1. The Balaban J connectivity index is 1.52. The van der Waals surface area contributed by atoms with Gasteiger partial charge in [-0.1, -0.05) is 45.9 Å². The van der Waals surface area contributed by atoms with Crippen molar-refractivity contribution in [2.45, 2.75) is 73.1 Å². The fourth-order valence-corrected chi connectivity index (χ4v) is 6.93. The average Bonchev–Trinajstić information content (AvgIpc) is 2.94. The van der Waals surface area contributed by atoms with Crippen LogP contribution in [-0.2, 0) is 14.4 Å². The number of Topliss-reactive ketones (excluding diaryl/α,β-unsaturated/α-hetero) is 2. The number of ether oxygens (including phenoxy) is 3. The van der Waals surface area contributed by atoms with E-state index in [9.17, 15) is 14.4 Å². The van der Waals surface area contributed by atoms with Gasteiger partial charge in [-0.25, -0.2) is 0 Å². The summed E-state index contributed by atoms with van der Waals surface area (Å²) in [5, 5.41) is 2.82. The zero-order chi connectivity index (χ0) is 31.8. The third-order valence-corrected chi connectivity index (χ3v) is 8.68. The lowest BCUT2D eigenvalue weighted by molar-refractivity contribution is -0.120. The number of methoxy groups -OCH3 is 1. The van der Waals surface area contributed by atoms with Crippen molar-refractivity contribution in [3.63, 3.8) is 0 Å². The van der Waals surface area contributed by atoms with E-state index in [-0.39, 0.29) is 34.9 Å². The summed E-state index contributed by atoms with van der Waals surface area (Å²) in [4.78, 5) is 42.9. The predicted molar refractivity (Wildman–Crippen MR) is 170 cm³/mol. The summed E-state index contributed by atoms with van der Waals surface area (Å²) in [6.07, 6.45) is 2.40. The predicted octanol–water partition coefficient (Wildman–Crippen LogP) is 6.82. The molecule has 0 fully saturated rings. The van der Waals surface area contributed by atoms with Gasteiger partial charge in [0.05, 0.1) is 19.4 Å². The van der Waals surface area contributed by atoms with Gasteiger partial charge in [0, 0.05) is 47.8 Å². The number of nitrogens with zero attached hydrogens (tertiary/aromatic N) is 1. The molecule has 0 saturated carbocycles. The van der Waals surface area contributed by atoms with Crippen molar-refractivity contribution in [2.75, 3.05) is 32.2 Å². The monoisotopic (exact) mass is 600 g/mol. The van der Waals surface area contributed by atoms with Crippen molar-refractivity contribution < 1.29 is 28.6 Å². The Hall–Kier alpha value is -4.07. The Morgan fingerprint density at radius 3 is 2.02 bits per heavy atom. The number of para-hydroxylation sites is 2. The number of benzene rings is 2. The highest BCUT2D eigenvalue weighted by molar-refractivity contribution is 6.07. The van der Waals surface area contributed by atoms with E-state index in [4.69, 9.17) is 14.2 Å². The molecule has 0 aromatic heterocycles. The first-order chi connectivity index (χ1) is 20.9. The van der Waals surface area contributed by atoms with Gasteiger partial charge in [0.25, 0.3) is 5.91 Å². The molecule has 8 heteroatoms. The van der Waals surface area contributed by atoms with Gasteiger partial charge >= 0.3 is 0 Å². The van der Waals surface area contributed by atoms with Gasteiger partial charge in [0.1, 0.15) is 5.75 Å². The summed E-state index contributed by atoms with van der Waals surface area (Å²) in [5.74, 6) is 0.792. The van der Waals surface area contributed by atoms with E-state index >= 15 is 0 Å². The fourth-order valence-electron chi connectivity index (χ4n) is 6.93. The topological polar surface area (TPSA) is 94.2 Å². The van der Waals surface area contributed by atoms with Gasteiger partial charge in [-0.2, -0.15) is 0 Å². The largest absolute Gasteiger partial charge is 0.495 e. The molecule has 234 valence electrons. The van der Waals surface area contributed by atoms with Gasteiger partial charge < -0.3 is 24.4 Å². The number of carbonyl (C=O) groups is 3. The summed E-state index contributed by atoms with van der Waals surface area (Å²) >= 11 is 0. The molecule has 44 heavy (non-hydrogen) atoms. The second-order valence-corrected chi connectivity index (χ2v) is 13.5. The molecule has 0 radical (unpaired) electrons. The number of carbonyl (C=O) groups excluding carboxylic acids is 3. The van der Waals surface area contributed by atoms with Crippen LogP contribution in [0.15, 0.2) is 65.0 Å². The van der Waals surface area contributed by atoms with Gasteiger partial charge in [-0.15, -0.1) is 0 Å². The van der Waals surface area contributed by atoms with Gasteiger partial charge in [0.15, 0.2) is 29.7 Å². The molecule has 0 saturated heterocycles. The molecule has 5 rings (SSSR count). The molecule has 8 nitrogen and oxygen atoms in total. The second kappa shape index (κ2) is 12.1. The second-order valence-electron chi connectivity index (χ2n) is 13.5. The molecule has 1 amide bonds. The molecule has 1 aliphatic heterocycles. The minimum absolute atomic E-state index is 0.0928. The summed E-state index contributed by atoms with van der Waals surface area (Å²) in [7, 11) is 1.55. The van der Waals surface area contributed by atoms with Crippen LogP contribution in [0.25, 0.3) is 0 Å². The smallest absolute Gasteiger partial charge is 0.262 e. The summed E-state index contributed by atoms with van der Waals surface area (Å²) in [6.45, 7) is 13.4. The van der Waals surface area contributed by atoms with E-state index in [1.807, 2.05) is 31.2 Å². The third kappa shape index (κ3) is 6.12. The molecule has 1 heterocycles. The molecule has 2 aromatic carbocycles. The van der Waals surface area contributed by atoms with Crippen LogP contribution in [0.5, 0.6) is 17.2 Å². The Labute approximate surface area is 260 Å². The Morgan fingerprint density at radius 2 is 1.45 bits per heavy atom. The lowest BCUT2D eigenvalue weighted by Crippen LogP contribution is -2.44. The van der Waals surface area contributed by atoms with Crippen molar-refractivity contribution >= 4 is 23.2 Å². The van der Waals surface area contributed by atoms with E-state index in [2.05, 4.69) is 44.8 Å². The molecular weight excluding hydrogens is 556 g/mol. The van der Waals surface area contributed by atoms with Crippen molar-refractivity contribution in [3.8, 4) is 17.2 Å². The molecule has 2 aliphatic carbocycles. The number of hydrogen-bond acceptors (Lipinski definition) is 7. The first-order valence-electron chi connectivity index (χ1n) is 15.5. The van der Waals surface area contributed by atoms with Gasteiger partial charge in [0.2, 0.25) is 0 Å². The Bertz CT molecular complexity index is 1500. The Morgan fingerprint density at radius 1 is 0.841 bits per heavy atom. The zero-order valence-electron chi connectivity index (χ0n) is 27.0. The number of allylic oxidation sites excluding steroid dienone is 4. The van der Waals surface area contributed by atoms with Crippen LogP contribution in [-0.4, -0.2) is 49.2 Å². The highest BCUT2D eigenvalue weighted by Crippen LogP contribution is 2.54. The van der Waals surface area contributed by atoms with Gasteiger partial charge in [-0.3, -0.25) is 14.4 Å². The fraction of sp³-hybridized carbons (Fsp3) is 0.472. The van der Waals surface area contributed by atoms with E-state index in [0.29, 0.717) is 48.9 Å². The summed E-state index contributed by atoms with van der Waals surface area (Å²) < 4.78 is 17.3. The van der Waals surface area contributed by atoms with E-state index in [1.54, 1.807) is 25.3 Å². The van der Waals surface area contributed by atoms with Crippen LogP contribution in [0.3, 0.4) is 0 Å². The molecule has 0 atom stereocenters. The number of nitrogens with one attached hydrogen (secondary N) is 1. The minimum atomic E-state index is -0.475. The maximum atomic E-state index is 13.9.